The lowest BCUT2D eigenvalue weighted by Gasteiger charge is -2.44. The van der Waals surface area contributed by atoms with Crippen molar-refractivity contribution < 1.29 is 58.0 Å². The van der Waals surface area contributed by atoms with Gasteiger partial charge < -0.3 is 67.5 Å². The minimum Gasteiger partial charge on any atom is -0.394 e. The van der Waals surface area contributed by atoms with Crippen LogP contribution in [-0.4, -0.2) is 130 Å². The first-order valence-electron chi connectivity index (χ1n) is 19.8. The number of aliphatic hydroxyl groups is 2. The summed E-state index contributed by atoms with van der Waals surface area (Å²) in [6.45, 7) is 3.58. The Kier molecular flexibility index (Phi) is 18.1. The number of hydrogen-bond acceptors (Lipinski definition) is 13. The standard InChI is InChI=1S/C40H55N9O12/c1-21(44-38(57)22(2)60-33-31(45-23(3)51)40(61-29(19-50)32(33)53)59-20-24-11-5-4-6-12-24)37(56)49-28(35(42)55)16-17-30(52)46-27(34(41)54)15-9-10-18-43-39(58)36-47-25-13-7-8-14-26(25)48-36/h4-8,11-14,21-22,27-29,31-33,40,50,53H,9-10,15-20H2,1-3H3,(H2,41,54)(H2,42,55)(H,43,58)(H,44,57)(H,45,51)(H,46,52)(H,47,48)(H,49,56)/t21-,22+,27-,28+,29+,31+,32+,33+,40-/m0/s1. The van der Waals surface area contributed by atoms with Gasteiger partial charge in [0.25, 0.3) is 5.91 Å². The fourth-order valence-corrected chi connectivity index (χ4v) is 6.44. The van der Waals surface area contributed by atoms with Crippen LogP contribution < -0.4 is 38.1 Å². The van der Waals surface area contributed by atoms with Crippen LogP contribution in [0.15, 0.2) is 54.6 Å². The SMILES string of the molecule is CC(=O)N[C@H]1[C@@H](OCc2ccccc2)O[C@H](CO)[C@@H](O)[C@@H]1O[C@H](C)C(=O)N[C@@H](C)C(=O)N[C@H](CCC(=O)N[C@@H](CCCCNC(=O)c1nc2ccccc2[nH]1)C(N)=O)C(N)=O. The highest BCUT2D eigenvalue weighted by Gasteiger charge is 2.48. The van der Waals surface area contributed by atoms with E-state index >= 15 is 0 Å². The van der Waals surface area contributed by atoms with E-state index in [9.17, 15) is 43.8 Å². The van der Waals surface area contributed by atoms with Crippen molar-refractivity contribution in [1.82, 2.24) is 36.6 Å². The number of carbonyl (C=O) groups excluding carboxylic acids is 7. The summed E-state index contributed by atoms with van der Waals surface area (Å²) < 4.78 is 17.6. The highest BCUT2D eigenvalue weighted by molar-refractivity contribution is 5.94. The van der Waals surface area contributed by atoms with E-state index in [1.807, 2.05) is 18.2 Å². The molecule has 1 saturated heterocycles. The van der Waals surface area contributed by atoms with Crippen molar-refractivity contribution in [3.05, 3.63) is 66.0 Å². The number of fused-ring (bicyclic) bond motifs is 1. The molecule has 1 aromatic heterocycles. The van der Waals surface area contributed by atoms with Crippen molar-refractivity contribution in [3.8, 4) is 0 Å². The van der Waals surface area contributed by atoms with Gasteiger partial charge in [-0.25, -0.2) is 4.98 Å². The number of aromatic amines is 1. The molecule has 0 unspecified atom stereocenters. The maximum Gasteiger partial charge on any atom is 0.287 e. The molecule has 9 atom stereocenters. The minimum atomic E-state index is -1.52. The Bertz CT molecular complexity index is 1950. The van der Waals surface area contributed by atoms with Crippen LogP contribution in [0, 0.1) is 0 Å². The third-order valence-electron chi connectivity index (χ3n) is 9.77. The van der Waals surface area contributed by atoms with E-state index in [0.29, 0.717) is 18.4 Å². The highest BCUT2D eigenvalue weighted by Crippen LogP contribution is 2.26. The van der Waals surface area contributed by atoms with Gasteiger partial charge in [0, 0.05) is 19.9 Å². The Morgan fingerprint density at radius 1 is 0.885 bits per heavy atom. The number of primary amides is 2. The summed E-state index contributed by atoms with van der Waals surface area (Å²) in [6, 6.07) is 11.5. The molecular formula is C40H55N9O12. The van der Waals surface area contributed by atoms with Crippen molar-refractivity contribution in [2.45, 2.75) is 114 Å². The first-order valence-corrected chi connectivity index (χ1v) is 19.8. The summed E-state index contributed by atoms with van der Waals surface area (Å²) >= 11 is 0. The number of unbranched alkanes of at least 4 members (excludes halogenated alkanes) is 1. The molecule has 1 aliphatic rings. The molecule has 4 rings (SSSR count). The molecule has 12 N–H and O–H groups in total. The Hall–Kier alpha value is -6.00. The Morgan fingerprint density at radius 2 is 1.56 bits per heavy atom. The van der Waals surface area contributed by atoms with Crippen LogP contribution in [0.1, 0.15) is 69.1 Å². The number of aromatic nitrogens is 2. The molecule has 1 fully saturated rings. The number of imidazole rings is 1. The number of H-pyrrole nitrogens is 1. The highest BCUT2D eigenvalue weighted by atomic mass is 16.7. The summed E-state index contributed by atoms with van der Waals surface area (Å²) in [4.78, 5) is 95.2. The molecule has 0 saturated carbocycles. The second-order valence-electron chi connectivity index (χ2n) is 14.6. The fraction of sp³-hybridized carbons (Fsp3) is 0.500. The zero-order valence-corrected chi connectivity index (χ0v) is 34.1. The fourth-order valence-electron chi connectivity index (χ4n) is 6.44. The van der Waals surface area contributed by atoms with E-state index in [4.69, 9.17) is 25.7 Å². The second kappa shape index (κ2) is 23.1. The minimum absolute atomic E-state index is 0.0477. The van der Waals surface area contributed by atoms with E-state index in [2.05, 4.69) is 36.6 Å². The number of nitrogens with two attached hydrogens (primary N) is 2. The molecule has 21 heteroatoms. The van der Waals surface area contributed by atoms with E-state index in [1.165, 1.54) is 20.8 Å². The monoisotopic (exact) mass is 853 g/mol. The third kappa shape index (κ3) is 14.3. The number of aliphatic hydroxyl groups excluding tert-OH is 2. The summed E-state index contributed by atoms with van der Waals surface area (Å²) in [7, 11) is 0. The maximum absolute atomic E-state index is 13.2. The zero-order valence-electron chi connectivity index (χ0n) is 34.1. The van der Waals surface area contributed by atoms with Crippen LogP contribution in [-0.2, 0) is 49.6 Å². The van der Waals surface area contributed by atoms with Gasteiger partial charge in [0.2, 0.25) is 35.4 Å². The Balaban J connectivity index is 1.23. The van der Waals surface area contributed by atoms with Gasteiger partial charge in [-0.1, -0.05) is 42.5 Å². The third-order valence-corrected chi connectivity index (χ3v) is 9.77. The van der Waals surface area contributed by atoms with Gasteiger partial charge in [-0.2, -0.15) is 0 Å². The average Bonchev–Trinajstić information content (AvgIpc) is 3.67. The number of para-hydroxylation sites is 2. The molecule has 332 valence electrons. The van der Waals surface area contributed by atoms with Crippen LogP contribution >= 0.6 is 0 Å². The predicted octanol–water partition coefficient (Wildman–Crippen LogP) is -1.74. The molecule has 1 aliphatic heterocycles. The van der Waals surface area contributed by atoms with Gasteiger partial charge >= 0.3 is 0 Å². The van der Waals surface area contributed by atoms with Crippen LogP contribution in [0.2, 0.25) is 0 Å². The van der Waals surface area contributed by atoms with Gasteiger partial charge in [-0.05, 0) is 57.2 Å². The summed E-state index contributed by atoms with van der Waals surface area (Å²) in [6.07, 6.45) is -6.11. The molecular weight excluding hydrogens is 798 g/mol. The largest absolute Gasteiger partial charge is 0.394 e. The maximum atomic E-state index is 13.2. The number of carbonyl (C=O) groups is 7. The number of hydrogen-bond donors (Lipinski definition) is 10. The first kappa shape index (κ1) is 47.7. The lowest BCUT2D eigenvalue weighted by Crippen LogP contribution is -2.66. The summed E-state index contributed by atoms with van der Waals surface area (Å²) in [5, 5.41) is 33.7. The average molecular weight is 854 g/mol. The van der Waals surface area contributed by atoms with E-state index in [-0.39, 0.29) is 38.2 Å². The second-order valence-corrected chi connectivity index (χ2v) is 14.6. The van der Waals surface area contributed by atoms with Crippen molar-refractivity contribution in [2.24, 2.45) is 11.5 Å². The molecule has 3 aromatic rings. The molecule has 7 amide bonds. The topological polar surface area (TPSA) is 329 Å². The molecule has 2 heterocycles. The molecule has 0 bridgehead atoms. The van der Waals surface area contributed by atoms with Gasteiger partial charge in [-0.15, -0.1) is 0 Å². The van der Waals surface area contributed by atoms with Crippen molar-refractivity contribution >= 4 is 52.4 Å². The lowest BCUT2D eigenvalue weighted by molar-refractivity contribution is -0.283. The molecule has 61 heavy (non-hydrogen) atoms. The van der Waals surface area contributed by atoms with Crippen molar-refractivity contribution in [1.29, 1.82) is 0 Å². The first-order chi connectivity index (χ1) is 29.1. The Labute approximate surface area is 351 Å². The molecule has 0 spiro atoms. The number of rotatable bonds is 23. The number of nitrogens with zero attached hydrogens (tertiary/aromatic N) is 1. The van der Waals surface area contributed by atoms with Crippen LogP contribution in [0.25, 0.3) is 11.0 Å². The number of benzene rings is 2. The number of ether oxygens (including phenoxy) is 3. The van der Waals surface area contributed by atoms with Gasteiger partial charge in [0.05, 0.1) is 24.2 Å². The normalized spacial score (nSPS) is 20.6. The summed E-state index contributed by atoms with van der Waals surface area (Å²) in [5.74, 6) is -4.78. The number of nitrogens with one attached hydrogen (secondary N) is 6. The van der Waals surface area contributed by atoms with Crippen molar-refractivity contribution in [2.75, 3.05) is 13.2 Å². The summed E-state index contributed by atoms with van der Waals surface area (Å²) in [5.41, 5.74) is 13.2. The number of amides is 7. The van der Waals surface area contributed by atoms with Gasteiger partial charge in [0.15, 0.2) is 12.1 Å². The van der Waals surface area contributed by atoms with E-state index < -0.39 is 103 Å². The van der Waals surface area contributed by atoms with Crippen LogP contribution in [0.3, 0.4) is 0 Å². The molecule has 0 aliphatic carbocycles. The van der Waals surface area contributed by atoms with Crippen molar-refractivity contribution in [3.63, 3.8) is 0 Å². The van der Waals surface area contributed by atoms with E-state index in [1.54, 1.807) is 36.4 Å². The van der Waals surface area contributed by atoms with Gasteiger partial charge in [-0.3, -0.25) is 33.6 Å². The predicted molar refractivity (Wildman–Crippen MR) is 216 cm³/mol. The molecule has 2 aromatic carbocycles. The molecule has 0 radical (unpaired) electrons. The Morgan fingerprint density at radius 3 is 2.21 bits per heavy atom. The lowest BCUT2D eigenvalue weighted by atomic mass is 9.96. The quantitative estimate of drug-likeness (QED) is 0.0475. The van der Waals surface area contributed by atoms with E-state index in [0.717, 1.165) is 11.1 Å². The smallest absolute Gasteiger partial charge is 0.287 e. The molecule has 21 nitrogen and oxygen atoms in total. The van der Waals surface area contributed by atoms with Crippen LogP contribution in [0.4, 0.5) is 0 Å². The van der Waals surface area contributed by atoms with Crippen LogP contribution in [0.5, 0.6) is 0 Å². The zero-order chi connectivity index (χ0) is 44.6. The van der Waals surface area contributed by atoms with Gasteiger partial charge in [0.1, 0.15) is 48.6 Å².